The van der Waals surface area contributed by atoms with E-state index in [0.29, 0.717) is 17.1 Å². The lowest BCUT2D eigenvalue weighted by Crippen LogP contribution is -2.15. The second kappa shape index (κ2) is 7.31. The Morgan fingerprint density at radius 3 is 2.28 bits per heavy atom. The summed E-state index contributed by atoms with van der Waals surface area (Å²) in [5, 5.41) is 5.25. The minimum Gasteiger partial charge on any atom is -0.319 e. The molecule has 0 bridgehead atoms. The third-order valence-corrected chi connectivity index (χ3v) is 3.27. The number of nitrogens with zero attached hydrogens (tertiary/aromatic N) is 2. The lowest BCUT2D eigenvalue weighted by atomic mass is 10.2. The average Bonchev–Trinajstić information content (AvgIpc) is 2.64. The van der Waals surface area contributed by atoms with Crippen molar-refractivity contribution in [1.29, 1.82) is 0 Å². The van der Waals surface area contributed by atoms with Gasteiger partial charge in [-0.25, -0.2) is 9.37 Å². The highest BCUT2D eigenvalue weighted by atomic mass is 19.1. The van der Waals surface area contributed by atoms with Crippen LogP contribution in [0, 0.1) is 5.82 Å². The van der Waals surface area contributed by atoms with E-state index in [1.807, 2.05) is 0 Å². The predicted molar refractivity (Wildman–Crippen MR) is 90.8 cm³/mol. The van der Waals surface area contributed by atoms with Gasteiger partial charge >= 0.3 is 0 Å². The first kappa shape index (κ1) is 16.3. The van der Waals surface area contributed by atoms with E-state index in [1.165, 1.54) is 36.7 Å². The maximum Gasteiger partial charge on any atom is 0.274 e. The molecule has 0 atom stereocenters. The van der Waals surface area contributed by atoms with E-state index in [0.717, 1.165) is 0 Å². The summed E-state index contributed by atoms with van der Waals surface area (Å²) >= 11 is 0. The Labute approximate surface area is 142 Å². The lowest BCUT2D eigenvalue weighted by molar-refractivity contribution is 0.101. The van der Waals surface area contributed by atoms with Gasteiger partial charge in [-0.15, -0.1) is 0 Å². The number of carbonyl (C=O) groups excluding carboxylic acids is 2. The fraction of sp³-hybridized carbons (Fsp3) is 0. The van der Waals surface area contributed by atoms with Gasteiger partial charge in [0, 0.05) is 11.8 Å². The average molecular weight is 336 g/mol. The van der Waals surface area contributed by atoms with E-state index < -0.39 is 11.7 Å². The quantitative estimate of drug-likeness (QED) is 0.767. The number of carbonyl (C=O) groups is 2. The maximum absolute atomic E-state index is 12.9. The van der Waals surface area contributed by atoms with Crippen LogP contribution in [0.25, 0.3) is 0 Å². The number of rotatable bonds is 4. The van der Waals surface area contributed by atoms with Gasteiger partial charge in [0.2, 0.25) is 0 Å². The Bertz CT molecular complexity index is 881. The van der Waals surface area contributed by atoms with Crippen LogP contribution in [-0.4, -0.2) is 21.8 Å². The first-order valence-corrected chi connectivity index (χ1v) is 7.37. The van der Waals surface area contributed by atoms with Gasteiger partial charge in [0.15, 0.2) is 0 Å². The zero-order valence-corrected chi connectivity index (χ0v) is 12.9. The van der Waals surface area contributed by atoms with Crippen LogP contribution >= 0.6 is 0 Å². The van der Waals surface area contributed by atoms with Gasteiger partial charge in [0.1, 0.15) is 17.3 Å². The van der Waals surface area contributed by atoms with E-state index in [1.54, 1.807) is 30.3 Å². The van der Waals surface area contributed by atoms with E-state index >= 15 is 0 Å². The molecule has 6 nitrogen and oxygen atoms in total. The largest absolute Gasteiger partial charge is 0.319 e. The minimum absolute atomic E-state index is 0.288. The van der Waals surface area contributed by atoms with Crippen LogP contribution in [0.2, 0.25) is 0 Å². The monoisotopic (exact) mass is 336 g/mol. The van der Waals surface area contributed by atoms with Crippen molar-refractivity contribution in [1.82, 2.24) is 9.97 Å². The van der Waals surface area contributed by atoms with E-state index in [2.05, 4.69) is 20.6 Å². The van der Waals surface area contributed by atoms with Crippen molar-refractivity contribution in [3.8, 4) is 0 Å². The molecule has 0 fully saturated rings. The number of pyridine rings is 2. The van der Waals surface area contributed by atoms with Gasteiger partial charge < -0.3 is 10.6 Å². The number of aromatic nitrogens is 2. The molecule has 0 saturated carbocycles. The molecule has 124 valence electrons. The van der Waals surface area contributed by atoms with Crippen LogP contribution in [0.5, 0.6) is 0 Å². The Kier molecular flexibility index (Phi) is 4.75. The summed E-state index contributed by atoms with van der Waals surface area (Å²) in [4.78, 5) is 32.0. The molecule has 0 aliphatic heterocycles. The van der Waals surface area contributed by atoms with Crippen molar-refractivity contribution >= 4 is 23.3 Å². The summed E-state index contributed by atoms with van der Waals surface area (Å²) < 4.78 is 12.9. The summed E-state index contributed by atoms with van der Waals surface area (Å²) in [5.41, 5.74) is 1.07. The van der Waals surface area contributed by atoms with Gasteiger partial charge in [0.25, 0.3) is 11.8 Å². The smallest absolute Gasteiger partial charge is 0.274 e. The van der Waals surface area contributed by atoms with Gasteiger partial charge in [-0.1, -0.05) is 6.07 Å². The van der Waals surface area contributed by atoms with Crippen molar-refractivity contribution in [2.24, 2.45) is 0 Å². The molecule has 1 aromatic carbocycles. The lowest BCUT2D eigenvalue weighted by Gasteiger charge is -2.07. The van der Waals surface area contributed by atoms with E-state index in [9.17, 15) is 14.0 Å². The Balaban J connectivity index is 1.63. The number of hydrogen-bond donors (Lipinski definition) is 2. The maximum atomic E-state index is 12.9. The fourth-order valence-electron chi connectivity index (χ4n) is 2.02. The van der Waals surface area contributed by atoms with Crippen LogP contribution in [0.15, 0.2) is 67.0 Å². The van der Waals surface area contributed by atoms with Crippen LogP contribution in [0.3, 0.4) is 0 Å². The van der Waals surface area contributed by atoms with Crippen LogP contribution < -0.4 is 10.6 Å². The van der Waals surface area contributed by atoms with Crippen LogP contribution in [-0.2, 0) is 0 Å². The molecule has 3 rings (SSSR count). The molecule has 2 heterocycles. The molecule has 2 aromatic heterocycles. The second-order valence-electron chi connectivity index (χ2n) is 5.06. The van der Waals surface area contributed by atoms with Gasteiger partial charge in [-0.05, 0) is 48.5 Å². The number of nitrogens with one attached hydrogen (secondary N) is 2. The summed E-state index contributed by atoms with van der Waals surface area (Å²) in [6, 6.07) is 13.4. The molecule has 0 aliphatic rings. The predicted octanol–water partition coefficient (Wildman–Crippen LogP) is 3.12. The molecule has 0 saturated heterocycles. The molecule has 3 aromatic rings. The molecular formula is C18H13FN4O2. The van der Waals surface area contributed by atoms with E-state index in [-0.39, 0.29) is 11.6 Å². The standard InChI is InChI=1S/C18H13FN4O2/c19-13-6-4-12(5-7-13)17(24)23-16-9-8-14(11-21-16)22-18(25)15-3-1-2-10-20-15/h1-11H,(H,22,25)(H,21,23,24). The summed E-state index contributed by atoms with van der Waals surface area (Å²) in [6.07, 6.45) is 2.95. The SMILES string of the molecule is O=C(Nc1ccc(NC(=O)c2ccccn2)cn1)c1ccc(F)cc1. The first-order valence-electron chi connectivity index (χ1n) is 7.37. The molecule has 0 aliphatic carbocycles. The molecular weight excluding hydrogens is 323 g/mol. The molecule has 0 spiro atoms. The zero-order chi connectivity index (χ0) is 17.6. The van der Waals surface area contributed by atoms with Crippen LogP contribution in [0.1, 0.15) is 20.8 Å². The Morgan fingerprint density at radius 1 is 0.840 bits per heavy atom. The number of halogens is 1. The summed E-state index contributed by atoms with van der Waals surface area (Å²) in [7, 11) is 0. The van der Waals surface area contributed by atoms with Crippen molar-refractivity contribution in [2.75, 3.05) is 10.6 Å². The highest BCUT2D eigenvalue weighted by Gasteiger charge is 2.09. The van der Waals surface area contributed by atoms with Crippen molar-refractivity contribution in [2.45, 2.75) is 0 Å². The topological polar surface area (TPSA) is 84.0 Å². The number of amides is 2. The molecule has 25 heavy (non-hydrogen) atoms. The molecule has 0 unspecified atom stereocenters. The molecule has 2 amide bonds. The van der Waals surface area contributed by atoms with Gasteiger partial charge in [0.05, 0.1) is 11.9 Å². The third-order valence-electron chi connectivity index (χ3n) is 3.27. The Hall–Kier alpha value is -3.61. The highest BCUT2D eigenvalue weighted by Crippen LogP contribution is 2.12. The fourth-order valence-corrected chi connectivity index (χ4v) is 2.02. The summed E-state index contributed by atoms with van der Waals surface area (Å²) in [6.45, 7) is 0. The van der Waals surface area contributed by atoms with Crippen molar-refractivity contribution in [3.05, 3.63) is 84.1 Å². The minimum atomic E-state index is -0.414. The zero-order valence-electron chi connectivity index (χ0n) is 12.9. The highest BCUT2D eigenvalue weighted by molar-refractivity contribution is 6.04. The molecule has 0 radical (unpaired) electrons. The van der Waals surface area contributed by atoms with E-state index in [4.69, 9.17) is 0 Å². The third kappa shape index (κ3) is 4.23. The second-order valence-corrected chi connectivity index (χ2v) is 5.06. The number of benzene rings is 1. The first-order chi connectivity index (χ1) is 12.1. The van der Waals surface area contributed by atoms with Crippen molar-refractivity contribution in [3.63, 3.8) is 0 Å². The molecule has 7 heteroatoms. The number of hydrogen-bond acceptors (Lipinski definition) is 4. The molecule has 2 N–H and O–H groups in total. The van der Waals surface area contributed by atoms with Crippen molar-refractivity contribution < 1.29 is 14.0 Å². The van der Waals surface area contributed by atoms with Crippen LogP contribution in [0.4, 0.5) is 15.9 Å². The van der Waals surface area contributed by atoms with Gasteiger partial charge in [-0.3, -0.25) is 14.6 Å². The normalized spacial score (nSPS) is 10.1. The Morgan fingerprint density at radius 2 is 1.64 bits per heavy atom. The van der Waals surface area contributed by atoms with Gasteiger partial charge in [-0.2, -0.15) is 0 Å². The number of anilines is 2. The summed E-state index contributed by atoms with van der Waals surface area (Å²) in [5.74, 6) is -0.865.